The molecule has 0 fully saturated rings. The van der Waals surface area contributed by atoms with Crippen molar-refractivity contribution in [3.05, 3.63) is 74.5 Å². The fourth-order valence-electron chi connectivity index (χ4n) is 4.21. The van der Waals surface area contributed by atoms with Crippen molar-refractivity contribution in [1.29, 1.82) is 0 Å². The first-order valence-corrected chi connectivity index (χ1v) is 12.4. The van der Waals surface area contributed by atoms with Crippen molar-refractivity contribution in [3.63, 3.8) is 0 Å². The molecule has 39 heavy (non-hydrogen) atoms. The van der Waals surface area contributed by atoms with Crippen molar-refractivity contribution in [2.24, 2.45) is 5.16 Å². The Kier molecular flexibility index (Phi) is 7.91. The van der Waals surface area contributed by atoms with Crippen LogP contribution in [-0.2, 0) is 17.0 Å². The number of amides is 1. The van der Waals surface area contributed by atoms with E-state index in [4.69, 9.17) is 28.0 Å². The highest BCUT2D eigenvalue weighted by Crippen LogP contribution is 2.49. The highest BCUT2D eigenvalue weighted by atomic mass is 35.5. The zero-order chi connectivity index (χ0) is 28.7. The van der Waals surface area contributed by atoms with Crippen LogP contribution in [0.4, 0.5) is 27.9 Å². The maximum Gasteiger partial charge on any atom is 0.435 e. The van der Waals surface area contributed by atoms with E-state index >= 15 is 0 Å². The lowest BCUT2D eigenvalue weighted by Crippen LogP contribution is -2.42. The molecule has 0 spiro atoms. The molecule has 14 heteroatoms. The number of aryl methyl sites for hydroxylation is 1. The summed E-state index contributed by atoms with van der Waals surface area (Å²) in [5.41, 5.74) is -2.18. The number of aromatic nitrogens is 3. The van der Waals surface area contributed by atoms with E-state index < -0.39 is 37.1 Å². The summed E-state index contributed by atoms with van der Waals surface area (Å²) in [6, 6.07) is 7.90. The summed E-state index contributed by atoms with van der Waals surface area (Å²) in [7, 11) is 0. The molecule has 1 aliphatic heterocycles. The molecule has 2 heterocycles. The van der Waals surface area contributed by atoms with Crippen LogP contribution in [0.3, 0.4) is 0 Å². The first-order valence-electron chi connectivity index (χ1n) is 11.6. The molecule has 0 radical (unpaired) electrons. The van der Waals surface area contributed by atoms with Crippen LogP contribution in [0.2, 0.25) is 10.0 Å². The zero-order valence-electron chi connectivity index (χ0n) is 20.8. The molecule has 3 aromatic rings. The average Bonchev–Trinajstić information content (AvgIpc) is 3.43. The lowest BCUT2D eigenvalue weighted by Gasteiger charge is -2.29. The van der Waals surface area contributed by atoms with Crippen LogP contribution in [0.15, 0.2) is 41.6 Å². The molecule has 1 N–H and O–H groups in total. The van der Waals surface area contributed by atoms with Gasteiger partial charge in [-0.15, -0.1) is 5.10 Å². The molecule has 208 valence electrons. The van der Waals surface area contributed by atoms with Gasteiger partial charge in [-0.2, -0.15) is 18.2 Å². The standard InChI is InChI=1S/C25H22Cl2F5N5O2/c1-12(2)21-33-23(35-37(21)11-20(28)29)34-22(38)18-5-4-14(6-13(18)3)19-10-24(39-36-19,25(30,31)32)15-7-16(26)9-17(27)8-15/h4-9,12,20H,10-11H2,1-3H3,(H,34,35,38). The van der Waals surface area contributed by atoms with E-state index in [0.717, 1.165) is 16.8 Å². The van der Waals surface area contributed by atoms with Gasteiger partial charge in [0.2, 0.25) is 5.95 Å². The van der Waals surface area contributed by atoms with Crippen LogP contribution in [0.1, 0.15) is 59.1 Å². The first kappa shape index (κ1) is 28.8. The fourth-order valence-corrected chi connectivity index (χ4v) is 4.74. The number of benzene rings is 2. The Hall–Kier alpha value is -3.25. The second-order valence-corrected chi connectivity index (χ2v) is 10.2. The SMILES string of the molecule is Cc1cc(C2=NOC(c3cc(Cl)cc(Cl)c3)(C(F)(F)F)C2)ccc1C(=O)Nc1nc(C(C)C)n(CC(F)F)n1. The van der Waals surface area contributed by atoms with Crippen molar-refractivity contribution in [1.82, 2.24) is 14.8 Å². The predicted octanol–water partition coefficient (Wildman–Crippen LogP) is 7.12. The number of carbonyl (C=O) groups excluding carboxylic acids is 1. The summed E-state index contributed by atoms with van der Waals surface area (Å²) >= 11 is 11.9. The topological polar surface area (TPSA) is 81.4 Å². The van der Waals surface area contributed by atoms with E-state index in [1.807, 2.05) is 0 Å². The minimum absolute atomic E-state index is 0.00691. The summed E-state index contributed by atoms with van der Waals surface area (Å²) in [6.45, 7) is 4.43. The van der Waals surface area contributed by atoms with Gasteiger partial charge < -0.3 is 4.84 Å². The van der Waals surface area contributed by atoms with Crippen molar-refractivity contribution >= 4 is 40.8 Å². The third kappa shape index (κ3) is 5.86. The normalized spacial score (nSPS) is 17.5. The van der Waals surface area contributed by atoms with Gasteiger partial charge in [0, 0.05) is 33.5 Å². The number of nitrogens with zero attached hydrogens (tertiary/aromatic N) is 4. The minimum atomic E-state index is -4.85. The number of hydrogen-bond donors (Lipinski definition) is 1. The van der Waals surface area contributed by atoms with E-state index in [-0.39, 0.29) is 44.6 Å². The lowest BCUT2D eigenvalue weighted by molar-refractivity contribution is -0.275. The molecule has 4 rings (SSSR count). The number of rotatable bonds is 7. The van der Waals surface area contributed by atoms with Crippen molar-refractivity contribution in [2.75, 3.05) is 5.32 Å². The van der Waals surface area contributed by atoms with Gasteiger partial charge in [0.15, 0.2) is 0 Å². The molecule has 2 aromatic carbocycles. The number of nitrogens with one attached hydrogen (secondary N) is 1. The second kappa shape index (κ2) is 10.7. The molecule has 0 saturated carbocycles. The highest BCUT2D eigenvalue weighted by molar-refractivity contribution is 6.34. The van der Waals surface area contributed by atoms with Crippen LogP contribution < -0.4 is 5.32 Å². The monoisotopic (exact) mass is 589 g/mol. The molecular weight excluding hydrogens is 568 g/mol. The largest absolute Gasteiger partial charge is 0.435 e. The first-order chi connectivity index (χ1) is 18.2. The van der Waals surface area contributed by atoms with Crippen LogP contribution in [0, 0.1) is 6.92 Å². The summed E-state index contributed by atoms with van der Waals surface area (Å²) < 4.78 is 69.6. The smallest absolute Gasteiger partial charge is 0.374 e. The van der Waals surface area contributed by atoms with E-state index in [1.165, 1.54) is 24.3 Å². The van der Waals surface area contributed by atoms with E-state index in [9.17, 15) is 26.7 Å². The Labute approximate surface area is 229 Å². The number of carbonyl (C=O) groups is 1. The van der Waals surface area contributed by atoms with Crippen LogP contribution in [-0.4, -0.2) is 39.0 Å². The molecule has 1 aromatic heterocycles. The van der Waals surface area contributed by atoms with Gasteiger partial charge in [-0.1, -0.05) is 48.3 Å². The number of halogens is 7. The number of alkyl halides is 5. The average molecular weight is 590 g/mol. The van der Waals surface area contributed by atoms with Gasteiger partial charge in [-0.05, 0) is 48.4 Å². The Morgan fingerprint density at radius 3 is 2.38 bits per heavy atom. The van der Waals surface area contributed by atoms with Gasteiger partial charge in [-0.25, -0.2) is 13.5 Å². The Bertz CT molecular complexity index is 1420. The van der Waals surface area contributed by atoms with E-state index in [2.05, 4.69) is 20.6 Å². The van der Waals surface area contributed by atoms with Crippen molar-refractivity contribution in [2.45, 2.75) is 57.9 Å². The molecule has 1 aliphatic rings. The van der Waals surface area contributed by atoms with Crippen molar-refractivity contribution in [3.8, 4) is 0 Å². The van der Waals surface area contributed by atoms with E-state index in [1.54, 1.807) is 20.8 Å². The van der Waals surface area contributed by atoms with Gasteiger partial charge >= 0.3 is 6.18 Å². The maximum absolute atomic E-state index is 14.3. The number of anilines is 1. The summed E-state index contributed by atoms with van der Waals surface area (Å²) in [5.74, 6) is -0.696. The zero-order valence-corrected chi connectivity index (χ0v) is 22.3. The number of hydrogen-bond acceptors (Lipinski definition) is 5. The minimum Gasteiger partial charge on any atom is -0.374 e. The Morgan fingerprint density at radius 1 is 1.15 bits per heavy atom. The molecule has 1 unspecified atom stereocenters. The molecule has 1 amide bonds. The second-order valence-electron chi connectivity index (χ2n) is 9.29. The van der Waals surface area contributed by atoms with E-state index in [0.29, 0.717) is 11.1 Å². The third-order valence-corrected chi connectivity index (χ3v) is 6.51. The molecule has 7 nitrogen and oxygen atoms in total. The molecule has 0 saturated heterocycles. The van der Waals surface area contributed by atoms with Crippen molar-refractivity contribution < 1.29 is 31.6 Å². The maximum atomic E-state index is 14.3. The summed E-state index contributed by atoms with van der Waals surface area (Å²) in [5, 5.41) is 10.2. The Morgan fingerprint density at radius 2 is 1.82 bits per heavy atom. The van der Waals surface area contributed by atoms with Crippen LogP contribution in [0.5, 0.6) is 0 Å². The molecule has 1 atom stereocenters. The quantitative estimate of drug-likeness (QED) is 0.298. The molecule has 0 aliphatic carbocycles. The van der Waals surface area contributed by atoms with Crippen LogP contribution >= 0.6 is 23.2 Å². The number of oxime groups is 1. The molecular formula is C25H22Cl2F5N5O2. The van der Waals surface area contributed by atoms with Gasteiger partial charge in [-0.3, -0.25) is 10.1 Å². The molecule has 0 bridgehead atoms. The summed E-state index contributed by atoms with van der Waals surface area (Å²) in [4.78, 5) is 22.0. The predicted molar refractivity (Wildman–Crippen MR) is 136 cm³/mol. The third-order valence-electron chi connectivity index (χ3n) is 6.07. The Balaban J connectivity index is 1.57. The lowest BCUT2D eigenvalue weighted by atomic mass is 9.86. The fraction of sp³-hybridized carbons (Fsp3) is 0.360. The highest BCUT2D eigenvalue weighted by Gasteiger charge is 2.62. The van der Waals surface area contributed by atoms with Crippen LogP contribution in [0.25, 0.3) is 0 Å². The summed E-state index contributed by atoms with van der Waals surface area (Å²) in [6.07, 6.45) is -8.16. The van der Waals surface area contributed by atoms with Gasteiger partial charge in [0.25, 0.3) is 17.9 Å². The van der Waals surface area contributed by atoms with Gasteiger partial charge in [0.1, 0.15) is 12.4 Å². The van der Waals surface area contributed by atoms with Gasteiger partial charge in [0.05, 0.1) is 5.71 Å².